The molecule has 616 valence electrons. The molecule has 0 amide bonds. The van der Waals surface area contributed by atoms with Gasteiger partial charge in [-0.25, -0.2) is 30.0 Å². The molecule has 22 heteroatoms. The molecule has 16 nitrogen and oxygen atoms in total. The third-order valence-corrected chi connectivity index (χ3v) is 27.7. The molecule has 118 heavy (non-hydrogen) atoms. The third kappa shape index (κ3) is 26.1. The summed E-state index contributed by atoms with van der Waals surface area (Å²) in [6.45, 7) is 25.9. The van der Waals surface area contributed by atoms with E-state index in [1.807, 2.05) is 93.2 Å². The number of ether oxygens (including phenoxy) is 6. The van der Waals surface area contributed by atoms with Crippen LogP contribution >= 0.6 is 22.2 Å². The topological polar surface area (TPSA) is 244 Å². The lowest BCUT2D eigenvalue weighted by Crippen LogP contribution is -2.25. The van der Waals surface area contributed by atoms with Gasteiger partial charge >= 0.3 is 6.16 Å². The van der Waals surface area contributed by atoms with E-state index >= 15 is 0 Å². The highest BCUT2D eigenvalue weighted by Crippen LogP contribution is 2.50. The van der Waals surface area contributed by atoms with E-state index in [2.05, 4.69) is 220 Å². The van der Waals surface area contributed by atoms with Gasteiger partial charge in [0.05, 0.1) is 24.5 Å². The summed E-state index contributed by atoms with van der Waals surface area (Å²) in [7, 11) is -13.4. The molecule has 0 spiro atoms. The monoisotopic (exact) mass is 1700 g/mol. The fourth-order valence-electron chi connectivity index (χ4n) is 12.2. The third-order valence-electron chi connectivity index (χ3n) is 19.0. The molecule has 13 aromatic rings. The van der Waals surface area contributed by atoms with Crippen LogP contribution in [0.3, 0.4) is 0 Å². The van der Waals surface area contributed by atoms with Crippen molar-refractivity contribution < 1.29 is 72.1 Å². The van der Waals surface area contributed by atoms with E-state index in [0.29, 0.717) is 60.6 Å². The van der Waals surface area contributed by atoms with Crippen molar-refractivity contribution >= 4 is 89.8 Å². The summed E-state index contributed by atoms with van der Waals surface area (Å²) < 4.78 is 134. The summed E-state index contributed by atoms with van der Waals surface area (Å²) in [5.41, 5.74) is 6.26. The summed E-state index contributed by atoms with van der Waals surface area (Å²) >= 11 is 1.82. The Hall–Kier alpha value is -10.2. The Morgan fingerprint density at radius 3 is 0.992 bits per heavy atom. The van der Waals surface area contributed by atoms with Crippen molar-refractivity contribution in [1.29, 1.82) is 0 Å². The van der Waals surface area contributed by atoms with Crippen LogP contribution in [0.2, 0.25) is 0 Å². The van der Waals surface area contributed by atoms with Crippen molar-refractivity contribution in [2.45, 2.75) is 190 Å². The van der Waals surface area contributed by atoms with E-state index in [1.54, 1.807) is 0 Å². The second-order valence-corrected chi connectivity index (χ2v) is 39.3. The average molecular weight is 1700 g/mol. The second kappa shape index (κ2) is 41.0. The van der Waals surface area contributed by atoms with Gasteiger partial charge in [0.2, 0.25) is 0 Å². The number of thiophene rings is 1. The zero-order valence-electron chi connectivity index (χ0n) is 68.2. The van der Waals surface area contributed by atoms with E-state index < -0.39 is 42.1 Å². The van der Waals surface area contributed by atoms with Crippen molar-refractivity contribution in [3.63, 3.8) is 0 Å². The molecule has 0 bridgehead atoms. The van der Waals surface area contributed by atoms with Crippen molar-refractivity contribution in [1.82, 2.24) is 0 Å². The standard InChI is InChI=1S/C23H21O3S2.C22H21OS.3C17H20O4S/c1-23(2,3)26-22(24)25-16-12-14-17(15-13-16)28-20-10-6-4-8-18(20)27-19-9-5-7-11-21(19)28;1-22(2,3)23-16-12-14-17(15-13-16)24-20-10-6-4-8-18(20)19-9-5-7-11-21(19)24;3*1-3-13(2)15-6-4-14(5-7-15)12-21-16-8-10-17(11-9-16)22(18,19)20/h4-15H,1-3H3;4-15H,1-3H3;3*4-11,13H,3,12H2,1-2H3,(H,18,19,20)/q2*+1;;;/p-3. The molecule has 12 aromatic carbocycles. The van der Waals surface area contributed by atoms with Crippen LogP contribution in [0.1, 0.15) is 153 Å². The van der Waals surface area contributed by atoms with Gasteiger partial charge in [0, 0.05) is 33.4 Å². The minimum Gasteiger partial charge on any atom is -0.744 e. The Balaban J connectivity index is 0.000000156. The normalized spacial score (nSPS) is 12.8. The maximum Gasteiger partial charge on any atom is 0.514 e. The molecule has 0 N–H and O–H groups in total. The van der Waals surface area contributed by atoms with Crippen LogP contribution in [0.5, 0.6) is 28.7 Å². The highest BCUT2D eigenvalue weighted by molar-refractivity contribution is 8.04. The van der Waals surface area contributed by atoms with Crippen LogP contribution in [-0.4, -0.2) is 56.3 Å². The predicted molar refractivity (Wildman–Crippen MR) is 470 cm³/mol. The smallest absolute Gasteiger partial charge is 0.514 e. The lowest BCUT2D eigenvalue weighted by molar-refractivity contribution is 0.0205. The molecule has 2 heterocycles. The van der Waals surface area contributed by atoms with Crippen LogP contribution in [-0.2, 0) is 65.8 Å². The number of benzene rings is 12. The first-order valence-electron chi connectivity index (χ1n) is 38.8. The molecule has 3 unspecified atom stereocenters. The van der Waals surface area contributed by atoms with Gasteiger partial charge in [0.15, 0.2) is 29.0 Å². The molecule has 0 radical (unpaired) electrons. The lowest BCUT2D eigenvalue weighted by atomic mass is 9.98. The van der Waals surface area contributed by atoms with E-state index in [1.165, 1.54) is 139 Å². The quantitative estimate of drug-likeness (QED) is 0.0265. The summed E-state index contributed by atoms with van der Waals surface area (Å²) in [6, 6.07) is 92.1. The van der Waals surface area contributed by atoms with E-state index in [9.17, 15) is 43.7 Å². The number of hydrogen-bond acceptors (Lipinski definition) is 17. The van der Waals surface area contributed by atoms with Crippen LogP contribution < -0.4 is 23.7 Å². The first kappa shape index (κ1) is 90.1. The molecule has 0 aliphatic carbocycles. The van der Waals surface area contributed by atoms with Gasteiger partial charge in [-0.05, 0) is 270 Å². The van der Waals surface area contributed by atoms with Gasteiger partial charge in [0.1, 0.15) is 101 Å². The largest absolute Gasteiger partial charge is 0.744 e. The van der Waals surface area contributed by atoms with Crippen molar-refractivity contribution in [2.24, 2.45) is 0 Å². The molecule has 0 fully saturated rings. The van der Waals surface area contributed by atoms with Crippen LogP contribution in [0.25, 0.3) is 25.1 Å². The maximum absolute atomic E-state index is 11.9. The maximum atomic E-state index is 11.9. The van der Waals surface area contributed by atoms with E-state index in [-0.39, 0.29) is 41.7 Å². The average Bonchev–Trinajstić information content (AvgIpc) is 1.50. The van der Waals surface area contributed by atoms with Gasteiger partial charge < -0.3 is 42.1 Å². The molecule has 14 rings (SSSR count). The second-order valence-electron chi connectivity index (χ2n) is 30.1. The first-order chi connectivity index (χ1) is 56.1. The summed E-state index contributed by atoms with van der Waals surface area (Å²) in [5.74, 6) is 4.60. The van der Waals surface area contributed by atoms with Gasteiger partial charge in [-0.15, -0.1) is 0 Å². The van der Waals surface area contributed by atoms with Gasteiger partial charge in [-0.2, -0.15) is 0 Å². The minimum atomic E-state index is -4.41. The van der Waals surface area contributed by atoms with Gasteiger partial charge in [0.25, 0.3) is 0 Å². The Labute approximate surface area is 705 Å². The Kier molecular flexibility index (Phi) is 31.3. The SMILES string of the molecule is CC(C)(C)OC(=O)Oc1ccc([S+]2c3ccccc3Sc3ccccc32)cc1.CC(C)(C)Oc1ccc(-[s+]2c3ccccc3c3ccccc32)cc1.CCC(C)c1ccc(COc2ccc(S(=O)(=O)[O-])cc2)cc1.CCC(C)c1ccc(COc2ccc(S(=O)(=O)[O-])cc2)cc1.CCC(C)c1ccc(COc2ccc(S(=O)(=O)[O-])cc2)cc1. The first-order valence-corrected chi connectivity index (χ1v) is 46.3. The van der Waals surface area contributed by atoms with E-state index in [4.69, 9.17) is 28.4 Å². The fourth-order valence-corrected chi connectivity index (χ4v) is 19.7. The number of rotatable bonds is 22. The number of carbonyl (C=O) groups is 1. The highest BCUT2D eigenvalue weighted by atomic mass is 32.2. The van der Waals surface area contributed by atoms with Gasteiger partial charge in [-0.3, -0.25) is 0 Å². The Bertz CT molecular complexity index is 5390. The molecule has 1 aliphatic rings. The van der Waals surface area contributed by atoms with Crippen LogP contribution in [0, 0.1) is 0 Å². The molecule has 0 saturated heterocycles. The van der Waals surface area contributed by atoms with Crippen molar-refractivity contribution in [2.75, 3.05) is 0 Å². The zero-order valence-corrected chi connectivity index (χ0v) is 73.1. The van der Waals surface area contributed by atoms with Gasteiger partial charge in [-0.1, -0.05) is 175 Å². The summed E-state index contributed by atoms with van der Waals surface area (Å²) in [5, 5.41) is 2.73. The summed E-state index contributed by atoms with van der Waals surface area (Å²) in [4.78, 5) is 18.9. The number of carbonyl (C=O) groups excluding carboxylic acids is 1. The van der Waals surface area contributed by atoms with Crippen LogP contribution in [0.15, 0.2) is 330 Å². The fraction of sp³-hybridized carbons (Fsp3) is 0.240. The van der Waals surface area contributed by atoms with Crippen molar-refractivity contribution in [3.05, 3.63) is 325 Å². The minimum absolute atomic E-state index is 0.0275. The number of fused-ring (bicyclic) bond motifs is 5. The molecule has 0 saturated carbocycles. The van der Waals surface area contributed by atoms with Crippen LogP contribution in [0.4, 0.5) is 4.79 Å². The Morgan fingerprint density at radius 1 is 0.364 bits per heavy atom. The molecular weight excluding hydrogens is 1600 g/mol. The predicted octanol–water partition coefficient (Wildman–Crippen LogP) is 24.5. The van der Waals surface area contributed by atoms with E-state index in [0.717, 1.165) is 41.7 Å². The number of hydrogen-bond donors (Lipinski definition) is 0. The highest BCUT2D eigenvalue weighted by Gasteiger charge is 2.38. The Morgan fingerprint density at radius 2 is 0.669 bits per heavy atom. The summed E-state index contributed by atoms with van der Waals surface area (Å²) in [6.07, 6.45) is 2.62. The zero-order chi connectivity index (χ0) is 85.0. The lowest BCUT2D eigenvalue weighted by Gasteiger charge is -2.20. The molecule has 1 aliphatic heterocycles. The molecule has 3 atom stereocenters. The molecule has 1 aromatic heterocycles. The van der Waals surface area contributed by atoms with Crippen molar-refractivity contribution in [3.8, 4) is 33.6 Å². The molecular formula is C96H99O16S6-.